The van der Waals surface area contributed by atoms with Crippen molar-refractivity contribution in [3.8, 4) is 11.3 Å². The van der Waals surface area contributed by atoms with E-state index in [2.05, 4.69) is 45.8 Å². The van der Waals surface area contributed by atoms with Gasteiger partial charge in [0.1, 0.15) is 5.82 Å². The van der Waals surface area contributed by atoms with Gasteiger partial charge in [-0.2, -0.15) is 0 Å². The van der Waals surface area contributed by atoms with Crippen LogP contribution < -0.4 is 5.73 Å². The number of hydrogen-bond donors (Lipinski definition) is 1. The molecular weight excluding hydrogens is 302 g/mol. The molecule has 0 spiro atoms. The molecule has 3 nitrogen and oxygen atoms in total. The van der Waals surface area contributed by atoms with Crippen molar-refractivity contribution in [2.75, 3.05) is 6.54 Å². The maximum Gasteiger partial charge on any atom is 0.134 e. The van der Waals surface area contributed by atoms with E-state index in [1.165, 1.54) is 0 Å². The first-order chi connectivity index (χ1) is 9.03. The molecule has 2 aromatic rings. The van der Waals surface area contributed by atoms with Gasteiger partial charge in [-0.15, -0.1) is 0 Å². The van der Waals surface area contributed by atoms with E-state index in [-0.39, 0.29) is 5.41 Å². The van der Waals surface area contributed by atoms with Gasteiger partial charge in [-0.25, -0.2) is 9.97 Å². The molecule has 0 amide bonds. The molecule has 0 radical (unpaired) electrons. The quantitative estimate of drug-likeness (QED) is 0.937. The van der Waals surface area contributed by atoms with Crippen molar-refractivity contribution in [3.63, 3.8) is 0 Å². The maximum atomic E-state index is 5.66. The van der Waals surface area contributed by atoms with Crippen LogP contribution in [-0.2, 0) is 5.41 Å². The smallest absolute Gasteiger partial charge is 0.134 e. The molecule has 1 aromatic carbocycles. The van der Waals surface area contributed by atoms with Crippen molar-refractivity contribution < 1.29 is 0 Å². The van der Waals surface area contributed by atoms with Crippen molar-refractivity contribution in [3.05, 3.63) is 46.8 Å². The van der Waals surface area contributed by atoms with Crippen molar-refractivity contribution in [2.45, 2.75) is 25.7 Å². The molecule has 4 heteroatoms. The van der Waals surface area contributed by atoms with E-state index < -0.39 is 0 Å². The van der Waals surface area contributed by atoms with E-state index in [1.807, 2.05) is 30.5 Å². The summed E-state index contributed by atoms with van der Waals surface area (Å²) in [5, 5.41) is 0. The normalized spacial score (nSPS) is 11.6. The van der Waals surface area contributed by atoms with Crippen LogP contribution in [0.15, 0.2) is 41.0 Å². The van der Waals surface area contributed by atoms with Gasteiger partial charge in [-0.05, 0) is 31.2 Å². The number of rotatable bonds is 4. The lowest BCUT2D eigenvalue weighted by Gasteiger charge is -2.22. The first-order valence-corrected chi connectivity index (χ1v) is 7.12. The topological polar surface area (TPSA) is 51.8 Å². The van der Waals surface area contributed by atoms with Gasteiger partial charge in [-0.1, -0.05) is 41.9 Å². The third kappa shape index (κ3) is 3.39. The van der Waals surface area contributed by atoms with Gasteiger partial charge in [0.25, 0.3) is 0 Å². The van der Waals surface area contributed by atoms with Gasteiger partial charge in [0, 0.05) is 21.6 Å². The van der Waals surface area contributed by atoms with E-state index in [0.29, 0.717) is 6.54 Å². The standard InChI is InChI=1S/C15H18BrN3/c1-15(2,7-8-17)14-18-9-6-13(19-14)11-4-3-5-12(16)10-11/h3-6,9-10H,7-8,17H2,1-2H3. The summed E-state index contributed by atoms with van der Waals surface area (Å²) < 4.78 is 1.05. The van der Waals surface area contributed by atoms with Gasteiger partial charge in [0.15, 0.2) is 0 Å². The van der Waals surface area contributed by atoms with E-state index in [1.54, 1.807) is 0 Å². The monoisotopic (exact) mass is 319 g/mol. The third-order valence-corrected chi connectivity index (χ3v) is 3.64. The fraction of sp³-hybridized carbons (Fsp3) is 0.333. The summed E-state index contributed by atoms with van der Waals surface area (Å²) in [6, 6.07) is 10.1. The molecule has 19 heavy (non-hydrogen) atoms. The lowest BCUT2D eigenvalue weighted by molar-refractivity contribution is 0.457. The zero-order chi connectivity index (χ0) is 13.9. The van der Waals surface area contributed by atoms with Crippen molar-refractivity contribution in [2.24, 2.45) is 5.73 Å². The van der Waals surface area contributed by atoms with Crippen LogP contribution in [0.2, 0.25) is 0 Å². The molecule has 0 unspecified atom stereocenters. The molecule has 0 fully saturated rings. The molecule has 0 atom stereocenters. The molecular formula is C15H18BrN3. The fourth-order valence-corrected chi connectivity index (χ4v) is 2.37. The molecule has 0 saturated heterocycles. The molecule has 0 saturated carbocycles. The van der Waals surface area contributed by atoms with Crippen molar-refractivity contribution >= 4 is 15.9 Å². The molecule has 0 bridgehead atoms. The molecule has 0 aliphatic heterocycles. The lowest BCUT2D eigenvalue weighted by Crippen LogP contribution is -2.24. The van der Waals surface area contributed by atoms with Crippen LogP contribution in [0.4, 0.5) is 0 Å². The van der Waals surface area contributed by atoms with Gasteiger partial charge < -0.3 is 5.73 Å². The highest BCUT2D eigenvalue weighted by Crippen LogP contribution is 2.26. The van der Waals surface area contributed by atoms with Crippen LogP contribution in [0.1, 0.15) is 26.1 Å². The Bertz CT molecular complexity index is 567. The fourth-order valence-electron chi connectivity index (χ4n) is 1.97. The predicted octanol–water partition coefficient (Wildman–Crippen LogP) is 3.53. The summed E-state index contributed by atoms with van der Waals surface area (Å²) in [4.78, 5) is 9.09. The maximum absolute atomic E-state index is 5.66. The zero-order valence-corrected chi connectivity index (χ0v) is 12.8. The molecule has 2 rings (SSSR count). The van der Waals surface area contributed by atoms with Gasteiger partial charge in [-0.3, -0.25) is 0 Å². The Hall–Kier alpha value is -1.26. The van der Waals surface area contributed by atoms with Crippen LogP contribution >= 0.6 is 15.9 Å². The highest BCUT2D eigenvalue weighted by molar-refractivity contribution is 9.10. The minimum Gasteiger partial charge on any atom is -0.330 e. The summed E-state index contributed by atoms with van der Waals surface area (Å²) in [5.74, 6) is 0.843. The Kier molecular flexibility index (Phi) is 4.32. The van der Waals surface area contributed by atoms with Gasteiger partial charge >= 0.3 is 0 Å². The second-order valence-corrected chi connectivity index (χ2v) is 6.11. The Balaban J connectivity index is 2.40. The number of halogens is 1. The summed E-state index contributed by atoms with van der Waals surface area (Å²) in [5.41, 5.74) is 7.58. The second kappa shape index (κ2) is 5.80. The molecule has 0 aliphatic carbocycles. The molecule has 100 valence electrons. The highest BCUT2D eigenvalue weighted by atomic mass is 79.9. The number of aromatic nitrogens is 2. The number of nitrogens with two attached hydrogens (primary N) is 1. The Morgan fingerprint density at radius 3 is 2.74 bits per heavy atom. The molecule has 2 N–H and O–H groups in total. The molecule has 0 aliphatic rings. The first-order valence-electron chi connectivity index (χ1n) is 6.32. The van der Waals surface area contributed by atoms with Crippen LogP contribution in [-0.4, -0.2) is 16.5 Å². The Labute approximate surface area is 122 Å². The van der Waals surface area contributed by atoms with E-state index in [0.717, 1.165) is 28.0 Å². The highest BCUT2D eigenvalue weighted by Gasteiger charge is 2.23. The van der Waals surface area contributed by atoms with Gasteiger partial charge in [0.2, 0.25) is 0 Å². The minimum atomic E-state index is -0.100. The third-order valence-electron chi connectivity index (χ3n) is 3.15. The van der Waals surface area contributed by atoms with E-state index in [9.17, 15) is 0 Å². The van der Waals surface area contributed by atoms with Crippen LogP contribution in [0, 0.1) is 0 Å². The van der Waals surface area contributed by atoms with E-state index in [4.69, 9.17) is 5.73 Å². The minimum absolute atomic E-state index is 0.100. The number of hydrogen-bond acceptors (Lipinski definition) is 3. The van der Waals surface area contributed by atoms with Crippen LogP contribution in [0.3, 0.4) is 0 Å². The SMILES string of the molecule is CC(C)(CCN)c1nccc(-c2cccc(Br)c2)n1. The number of nitrogens with zero attached hydrogens (tertiary/aromatic N) is 2. The Morgan fingerprint density at radius 2 is 2.05 bits per heavy atom. The first kappa shape index (κ1) is 14.2. The van der Waals surface area contributed by atoms with Crippen molar-refractivity contribution in [1.29, 1.82) is 0 Å². The lowest BCUT2D eigenvalue weighted by atomic mass is 9.88. The summed E-state index contributed by atoms with van der Waals surface area (Å²) >= 11 is 3.48. The second-order valence-electron chi connectivity index (χ2n) is 5.20. The summed E-state index contributed by atoms with van der Waals surface area (Å²) in [6.45, 7) is 4.89. The van der Waals surface area contributed by atoms with E-state index >= 15 is 0 Å². The Morgan fingerprint density at radius 1 is 1.26 bits per heavy atom. The average Bonchev–Trinajstić information content (AvgIpc) is 2.39. The van der Waals surface area contributed by atoms with Crippen LogP contribution in [0.25, 0.3) is 11.3 Å². The summed E-state index contributed by atoms with van der Waals surface area (Å²) in [6.07, 6.45) is 2.69. The van der Waals surface area contributed by atoms with Gasteiger partial charge in [0.05, 0.1) is 5.69 Å². The predicted molar refractivity (Wildman–Crippen MR) is 81.9 cm³/mol. The van der Waals surface area contributed by atoms with Crippen molar-refractivity contribution in [1.82, 2.24) is 9.97 Å². The molecule has 1 heterocycles. The summed E-state index contributed by atoms with van der Waals surface area (Å²) in [7, 11) is 0. The average molecular weight is 320 g/mol. The largest absolute Gasteiger partial charge is 0.330 e. The van der Waals surface area contributed by atoms with Crippen LogP contribution in [0.5, 0.6) is 0 Å². The molecule has 1 aromatic heterocycles. The zero-order valence-electron chi connectivity index (χ0n) is 11.2. The number of benzene rings is 1.